The van der Waals surface area contributed by atoms with Crippen LogP contribution >= 0.6 is 11.3 Å². The zero-order valence-electron chi connectivity index (χ0n) is 43.0. The monoisotopic (exact) mass is 866 g/mol. The minimum absolute atomic E-state index is 0.00879. The Balaban J connectivity index is 1.05. The average Bonchev–Trinajstić information content (AvgIpc) is 4.02. The lowest BCUT2D eigenvalue weighted by Crippen LogP contribution is -2.02. The van der Waals surface area contributed by atoms with Gasteiger partial charge >= 0.3 is 0 Å². The molecule has 13 aromatic rings. The Labute approximate surface area is 396 Å². The number of benzene rings is 10. The van der Waals surface area contributed by atoms with E-state index in [0.29, 0.717) is 34.3 Å². The lowest BCUT2D eigenvalue weighted by atomic mass is 9.99. The predicted octanol–water partition coefficient (Wildman–Crippen LogP) is 16.5. The van der Waals surface area contributed by atoms with Gasteiger partial charge < -0.3 is 4.57 Å². The fourth-order valence-corrected chi connectivity index (χ4v) is 10.4. The smallest absolute Gasteiger partial charge is 0.164 e. The maximum atomic E-state index is 9.33. The van der Waals surface area contributed by atoms with Crippen LogP contribution in [0.25, 0.3) is 126 Å². The maximum Gasteiger partial charge on any atom is 0.164 e. The quantitative estimate of drug-likeness (QED) is 0.160. The summed E-state index contributed by atoms with van der Waals surface area (Å²) in [6.07, 6.45) is 0. The highest BCUT2D eigenvalue weighted by Gasteiger charge is 2.20. The molecule has 0 fully saturated rings. The molecule has 3 heterocycles. The van der Waals surface area contributed by atoms with Gasteiger partial charge in [0.1, 0.15) is 0 Å². The van der Waals surface area contributed by atoms with Gasteiger partial charge in [-0.15, -0.1) is 11.3 Å². The summed E-state index contributed by atoms with van der Waals surface area (Å²) in [7, 11) is 0. The Morgan fingerprint density at radius 1 is 0.364 bits per heavy atom. The van der Waals surface area contributed by atoms with E-state index in [4.69, 9.17) is 23.2 Å². The summed E-state index contributed by atoms with van der Waals surface area (Å²) >= 11 is 1.76. The molecule has 0 amide bonds. The largest absolute Gasteiger partial charge is 0.309 e. The molecule has 66 heavy (non-hydrogen) atoms. The molecule has 0 atom stereocenters. The standard InChI is InChI=1S/C61H38N4S/c1-2-15-41(16-3-1)48-35-34-47(38-56(48)65-54-25-9-6-20-50(54)51-21-7-10-26-55(51)65)61-63-59(42-31-28-40(29-32-42)44-33-30-39-14-4-5-17-43(39)36-44)62-60(64-61)46-19-12-18-45(37-46)49-23-13-24-53-52-22-8-11-27-57(52)66-58(49)53/h1-38H/i6D,7D,9D,10D,20D,21D,25D,26D. The molecule has 308 valence electrons. The fourth-order valence-electron chi connectivity index (χ4n) is 9.12. The summed E-state index contributed by atoms with van der Waals surface area (Å²) in [5.41, 5.74) is 8.05. The van der Waals surface area contributed by atoms with Crippen LogP contribution in [0.3, 0.4) is 0 Å². The Morgan fingerprint density at radius 2 is 0.939 bits per heavy atom. The number of aromatic nitrogens is 4. The second kappa shape index (κ2) is 15.6. The summed E-state index contributed by atoms with van der Waals surface area (Å²) in [5.74, 6) is 1.15. The highest BCUT2D eigenvalue weighted by molar-refractivity contribution is 7.26. The molecule has 0 aliphatic heterocycles. The first kappa shape index (κ1) is 30.6. The van der Waals surface area contributed by atoms with Gasteiger partial charge in [-0.05, 0) is 74.9 Å². The van der Waals surface area contributed by atoms with Gasteiger partial charge in [0.25, 0.3) is 0 Å². The van der Waals surface area contributed by atoms with Crippen molar-refractivity contribution in [2.45, 2.75) is 0 Å². The van der Waals surface area contributed by atoms with E-state index in [1.54, 1.807) is 15.9 Å². The summed E-state index contributed by atoms with van der Waals surface area (Å²) < 4.78 is 75.9. The van der Waals surface area contributed by atoms with E-state index in [9.17, 15) is 2.74 Å². The van der Waals surface area contributed by atoms with Crippen LogP contribution in [0, 0.1) is 0 Å². The van der Waals surface area contributed by atoms with Crippen LogP contribution in [0.4, 0.5) is 0 Å². The van der Waals surface area contributed by atoms with Crippen molar-refractivity contribution in [1.82, 2.24) is 19.5 Å². The summed E-state index contributed by atoms with van der Waals surface area (Å²) in [6.45, 7) is 0. The van der Waals surface area contributed by atoms with E-state index in [0.717, 1.165) is 49.7 Å². The van der Waals surface area contributed by atoms with Crippen LogP contribution in [-0.2, 0) is 0 Å². The second-order valence-electron chi connectivity index (χ2n) is 16.2. The Morgan fingerprint density at radius 3 is 1.73 bits per heavy atom. The third kappa shape index (κ3) is 6.48. The Kier molecular flexibility index (Phi) is 7.24. The molecular weight excluding hydrogens is 821 g/mol. The molecule has 0 bridgehead atoms. The van der Waals surface area contributed by atoms with Crippen LogP contribution in [0.2, 0.25) is 0 Å². The van der Waals surface area contributed by atoms with E-state index in [2.05, 4.69) is 97.1 Å². The molecule has 0 N–H and O–H groups in total. The number of thiophene rings is 1. The van der Waals surface area contributed by atoms with Crippen molar-refractivity contribution in [3.63, 3.8) is 0 Å². The van der Waals surface area contributed by atoms with Gasteiger partial charge in [0, 0.05) is 53.2 Å². The van der Waals surface area contributed by atoms with Crippen LogP contribution in [-0.4, -0.2) is 19.5 Å². The minimum atomic E-state index is -0.508. The second-order valence-corrected chi connectivity index (χ2v) is 17.2. The Hall–Kier alpha value is -8.51. The predicted molar refractivity (Wildman–Crippen MR) is 277 cm³/mol. The minimum Gasteiger partial charge on any atom is -0.309 e. The molecule has 4 nitrogen and oxygen atoms in total. The van der Waals surface area contributed by atoms with E-state index in [1.807, 2.05) is 84.9 Å². The van der Waals surface area contributed by atoms with Crippen molar-refractivity contribution in [3.8, 4) is 73.2 Å². The van der Waals surface area contributed by atoms with E-state index < -0.39 is 36.3 Å². The molecule has 0 spiro atoms. The SMILES string of the molecule is [2H]c1c([2H])c([2H])c2c(c1[2H])c1c([2H])c([2H])c([2H])c([2H])c1n2-c1cc(-c2nc(-c3ccc(-c4ccc5ccccc5c4)cc3)nc(-c3cccc(-c4cccc5c4sc4ccccc45)c3)n2)ccc1-c1ccccc1. The molecule has 13 rings (SSSR count). The number of hydrogen-bond acceptors (Lipinski definition) is 4. The molecule has 10 aromatic carbocycles. The van der Waals surface area contributed by atoms with Crippen LogP contribution in [0.1, 0.15) is 11.0 Å². The van der Waals surface area contributed by atoms with Crippen LogP contribution in [0.15, 0.2) is 230 Å². The maximum absolute atomic E-state index is 9.33. The zero-order valence-corrected chi connectivity index (χ0v) is 35.8. The molecule has 0 saturated heterocycles. The van der Waals surface area contributed by atoms with Crippen molar-refractivity contribution in [2.24, 2.45) is 0 Å². The molecule has 5 heteroatoms. The van der Waals surface area contributed by atoms with Gasteiger partial charge in [0.15, 0.2) is 17.5 Å². The molecule has 0 aliphatic rings. The van der Waals surface area contributed by atoms with Crippen molar-refractivity contribution in [2.75, 3.05) is 0 Å². The molecular formula is C61H38N4S. The molecule has 0 radical (unpaired) electrons. The van der Waals surface area contributed by atoms with Gasteiger partial charge in [-0.25, -0.2) is 15.0 Å². The average molecular weight is 867 g/mol. The summed E-state index contributed by atoms with van der Waals surface area (Å²) in [5, 5.41) is 4.69. The first-order valence-electron chi connectivity index (χ1n) is 25.6. The lowest BCUT2D eigenvalue weighted by molar-refractivity contribution is 1.07. The number of para-hydroxylation sites is 2. The molecule has 3 aromatic heterocycles. The topological polar surface area (TPSA) is 43.6 Å². The normalized spacial score (nSPS) is 13.3. The number of hydrogen-bond donors (Lipinski definition) is 0. The van der Waals surface area contributed by atoms with Crippen molar-refractivity contribution < 1.29 is 11.0 Å². The molecule has 0 unspecified atom stereocenters. The van der Waals surface area contributed by atoms with Crippen molar-refractivity contribution in [3.05, 3.63) is 230 Å². The van der Waals surface area contributed by atoms with E-state index in [1.165, 1.54) is 20.2 Å². The van der Waals surface area contributed by atoms with Gasteiger partial charge in [0.2, 0.25) is 0 Å². The highest BCUT2D eigenvalue weighted by Crippen LogP contribution is 2.42. The van der Waals surface area contributed by atoms with Crippen LogP contribution in [0.5, 0.6) is 0 Å². The number of rotatable bonds is 7. The Bertz CT molecular complexity index is 4400. The highest BCUT2D eigenvalue weighted by atomic mass is 32.1. The van der Waals surface area contributed by atoms with Crippen molar-refractivity contribution >= 4 is 64.1 Å². The first-order valence-corrected chi connectivity index (χ1v) is 22.4. The lowest BCUT2D eigenvalue weighted by Gasteiger charge is -2.16. The first-order chi connectivity index (χ1) is 36.0. The van der Waals surface area contributed by atoms with Gasteiger partial charge in [0.05, 0.1) is 27.7 Å². The molecule has 0 saturated carbocycles. The van der Waals surface area contributed by atoms with Gasteiger partial charge in [-0.2, -0.15) is 0 Å². The number of nitrogens with zero attached hydrogens (tertiary/aromatic N) is 4. The number of fused-ring (bicyclic) bond motifs is 7. The van der Waals surface area contributed by atoms with Crippen LogP contribution < -0.4 is 0 Å². The molecule has 0 aliphatic carbocycles. The van der Waals surface area contributed by atoms with E-state index >= 15 is 0 Å². The summed E-state index contributed by atoms with van der Waals surface area (Å²) in [4.78, 5) is 15.6. The van der Waals surface area contributed by atoms with Crippen molar-refractivity contribution in [1.29, 1.82) is 0 Å². The van der Waals surface area contributed by atoms with E-state index in [-0.39, 0.29) is 33.9 Å². The fraction of sp³-hybridized carbons (Fsp3) is 0. The van der Waals surface area contributed by atoms with Gasteiger partial charge in [-0.3, -0.25) is 0 Å². The summed E-state index contributed by atoms with van der Waals surface area (Å²) in [6, 6.07) is 57.4. The third-order valence-electron chi connectivity index (χ3n) is 12.3. The zero-order chi connectivity index (χ0) is 50.5. The third-order valence-corrected chi connectivity index (χ3v) is 13.5. The van der Waals surface area contributed by atoms with Gasteiger partial charge in [-0.1, -0.05) is 194 Å².